The molecule has 0 bridgehead atoms. The standard InChI is InChI=1S/C11H19N3.C10H17N3.C2H6/c1-9-7-12-14(3)11(9)10-5-4-6-13(2)8-10;1-8-7-13(2)12-10(8)9-4-3-5-11-6-9;1-2/h7,10H,4-6,8H2,1-3H3;7,9,11H,3-6H2,1-2H3;1-2H3. The number of hydrogen-bond acceptors (Lipinski definition) is 4. The van der Waals surface area contributed by atoms with Gasteiger partial charge in [0.2, 0.25) is 0 Å². The molecule has 29 heavy (non-hydrogen) atoms. The largest absolute Gasteiger partial charge is 0.316 e. The van der Waals surface area contributed by atoms with Crippen LogP contribution >= 0.6 is 0 Å². The highest BCUT2D eigenvalue weighted by molar-refractivity contribution is 5.21. The third kappa shape index (κ3) is 6.41. The van der Waals surface area contributed by atoms with Crippen molar-refractivity contribution in [2.45, 2.75) is 65.2 Å². The summed E-state index contributed by atoms with van der Waals surface area (Å²) in [6.07, 6.45) is 9.26. The first-order valence-corrected chi connectivity index (χ1v) is 11.3. The maximum atomic E-state index is 4.51. The van der Waals surface area contributed by atoms with Gasteiger partial charge in [-0.3, -0.25) is 9.36 Å². The molecule has 2 aliphatic rings. The number of piperidine rings is 2. The van der Waals surface area contributed by atoms with E-state index in [1.807, 2.05) is 36.5 Å². The fourth-order valence-electron chi connectivity index (χ4n) is 4.65. The van der Waals surface area contributed by atoms with Crippen LogP contribution in [0.3, 0.4) is 0 Å². The Bertz CT molecular complexity index is 706. The van der Waals surface area contributed by atoms with Crippen LogP contribution in [0.25, 0.3) is 0 Å². The molecule has 0 aromatic carbocycles. The van der Waals surface area contributed by atoms with E-state index in [0.29, 0.717) is 11.8 Å². The Morgan fingerprint density at radius 3 is 2.24 bits per heavy atom. The summed E-state index contributed by atoms with van der Waals surface area (Å²) in [5, 5.41) is 12.2. The second kappa shape index (κ2) is 11.5. The zero-order valence-corrected chi connectivity index (χ0v) is 19.7. The summed E-state index contributed by atoms with van der Waals surface area (Å²) in [7, 11) is 6.25. The van der Waals surface area contributed by atoms with Crippen molar-refractivity contribution in [1.29, 1.82) is 0 Å². The number of likely N-dealkylation sites (tertiary alicyclic amines) is 1. The molecule has 0 aliphatic carbocycles. The molecule has 0 amide bonds. The minimum absolute atomic E-state index is 0.634. The summed E-state index contributed by atoms with van der Waals surface area (Å²) in [4.78, 5) is 2.42. The number of rotatable bonds is 2. The van der Waals surface area contributed by atoms with Gasteiger partial charge in [0.1, 0.15) is 0 Å². The summed E-state index contributed by atoms with van der Waals surface area (Å²) >= 11 is 0. The van der Waals surface area contributed by atoms with Crippen LogP contribution in [0.1, 0.15) is 73.9 Å². The van der Waals surface area contributed by atoms with Crippen LogP contribution in [0.2, 0.25) is 0 Å². The van der Waals surface area contributed by atoms with Crippen molar-refractivity contribution in [1.82, 2.24) is 29.8 Å². The normalized spacial score (nSPS) is 22.3. The minimum Gasteiger partial charge on any atom is -0.316 e. The maximum Gasteiger partial charge on any atom is 0.0697 e. The number of likely N-dealkylation sites (N-methyl/N-ethyl adjacent to an activating group) is 1. The highest BCUT2D eigenvalue weighted by Crippen LogP contribution is 2.27. The monoisotopic (exact) mass is 402 g/mol. The lowest BCUT2D eigenvalue weighted by molar-refractivity contribution is 0.245. The number of hydrogen-bond donors (Lipinski definition) is 1. The van der Waals surface area contributed by atoms with Gasteiger partial charge in [0.15, 0.2) is 0 Å². The Labute approximate surface area is 177 Å². The first kappa shape index (κ1) is 23.6. The van der Waals surface area contributed by atoms with Gasteiger partial charge >= 0.3 is 0 Å². The molecule has 6 heteroatoms. The van der Waals surface area contributed by atoms with Gasteiger partial charge < -0.3 is 10.2 Å². The predicted octanol–water partition coefficient (Wildman–Crippen LogP) is 3.76. The molecule has 6 nitrogen and oxygen atoms in total. The Morgan fingerprint density at radius 1 is 1.00 bits per heavy atom. The lowest BCUT2D eigenvalue weighted by Crippen LogP contribution is -2.32. The molecular weight excluding hydrogens is 360 g/mol. The van der Waals surface area contributed by atoms with Gasteiger partial charge in [0.05, 0.1) is 11.9 Å². The molecule has 2 aliphatic heterocycles. The van der Waals surface area contributed by atoms with Crippen LogP contribution in [-0.4, -0.2) is 57.7 Å². The molecule has 1 N–H and O–H groups in total. The first-order valence-electron chi connectivity index (χ1n) is 11.3. The van der Waals surface area contributed by atoms with E-state index in [9.17, 15) is 0 Å². The average Bonchev–Trinajstić information content (AvgIpc) is 3.25. The second-order valence-corrected chi connectivity index (χ2v) is 8.35. The SMILES string of the molecule is CC.Cc1cn(C)nc1C1CCCNC1.Cc1cnn(C)c1C1CCCN(C)C1. The quantitative estimate of drug-likeness (QED) is 0.831. The lowest BCUT2D eigenvalue weighted by atomic mass is 9.93. The van der Waals surface area contributed by atoms with E-state index in [1.54, 1.807) is 0 Å². The summed E-state index contributed by atoms with van der Waals surface area (Å²) < 4.78 is 3.96. The molecule has 164 valence electrons. The Balaban J connectivity index is 0.000000191. The van der Waals surface area contributed by atoms with Gasteiger partial charge in [0.25, 0.3) is 0 Å². The van der Waals surface area contributed by atoms with Crippen molar-refractivity contribution < 1.29 is 0 Å². The van der Waals surface area contributed by atoms with E-state index in [2.05, 4.69) is 54.6 Å². The van der Waals surface area contributed by atoms with Crippen molar-refractivity contribution in [2.24, 2.45) is 14.1 Å². The summed E-state index contributed by atoms with van der Waals surface area (Å²) in [6, 6.07) is 0. The van der Waals surface area contributed by atoms with Crippen molar-refractivity contribution in [3.05, 3.63) is 34.9 Å². The Morgan fingerprint density at radius 2 is 1.72 bits per heavy atom. The summed E-state index contributed by atoms with van der Waals surface area (Å²) in [5.41, 5.74) is 5.38. The summed E-state index contributed by atoms with van der Waals surface area (Å²) in [6.45, 7) is 13.0. The van der Waals surface area contributed by atoms with E-state index < -0.39 is 0 Å². The molecule has 2 atom stereocenters. The minimum atomic E-state index is 0.634. The number of aryl methyl sites for hydroxylation is 4. The van der Waals surface area contributed by atoms with Gasteiger partial charge in [-0.1, -0.05) is 13.8 Å². The molecular formula is C23H42N6. The van der Waals surface area contributed by atoms with Crippen LogP contribution < -0.4 is 5.32 Å². The first-order chi connectivity index (χ1) is 14.0. The Kier molecular flexibility index (Phi) is 9.37. The van der Waals surface area contributed by atoms with Gasteiger partial charge in [-0.15, -0.1) is 0 Å². The molecule has 2 unspecified atom stereocenters. The zero-order valence-electron chi connectivity index (χ0n) is 19.7. The van der Waals surface area contributed by atoms with Crippen LogP contribution in [0, 0.1) is 13.8 Å². The maximum absolute atomic E-state index is 4.51. The van der Waals surface area contributed by atoms with E-state index in [0.717, 1.165) is 6.54 Å². The van der Waals surface area contributed by atoms with E-state index in [1.165, 1.54) is 67.8 Å². The molecule has 2 saturated heterocycles. The predicted molar refractivity (Wildman–Crippen MR) is 122 cm³/mol. The van der Waals surface area contributed by atoms with Crippen LogP contribution in [0.4, 0.5) is 0 Å². The number of aromatic nitrogens is 4. The average molecular weight is 403 g/mol. The van der Waals surface area contributed by atoms with Crippen molar-refractivity contribution in [3.8, 4) is 0 Å². The zero-order chi connectivity index (χ0) is 21.4. The summed E-state index contributed by atoms with van der Waals surface area (Å²) in [5.74, 6) is 1.32. The van der Waals surface area contributed by atoms with Crippen LogP contribution in [-0.2, 0) is 14.1 Å². The highest BCUT2D eigenvalue weighted by atomic mass is 15.3. The second-order valence-electron chi connectivity index (χ2n) is 8.35. The third-order valence-corrected chi connectivity index (χ3v) is 5.92. The van der Waals surface area contributed by atoms with Crippen LogP contribution in [0.15, 0.2) is 12.4 Å². The Hall–Kier alpha value is -1.66. The van der Waals surface area contributed by atoms with Crippen molar-refractivity contribution in [2.75, 3.05) is 33.2 Å². The molecule has 0 radical (unpaired) electrons. The number of nitrogens with one attached hydrogen (secondary N) is 1. The van der Waals surface area contributed by atoms with Gasteiger partial charge in [-0.2, -0.15) is 10.2 Å². The smallest absolute Gasteiger partial charge is 0.0697 e. The molecule has 4 rings (SSSR count). The molecule has 0 saturated carbocycles. The van der Waals surface area contributed by atoms with Crippen LogP contribution in [0.5, 0.6) is 0 Å². The topological polar surface area (TPSA) is 50.9 Å². The fourth-order valence-corrected chi connectivity index (χ4v) is 4.65. The van der Waals surface area contributed by atoms with Gasteiger partial charge in [0, 0.05) is 50.9 Å². The van der Waals surface area contributed by atoms with E-state index >= 15 is 0 Å². The van der Waals surface area contributed by atoms with E-state index in [4.69, 9.17) is 0 Å². The molecule has 0 spiro atoms. The van der Waals surface area contributed by atoms with Crippen molar-refractivity contribution in [3.63, 3.8) is 0 Å². The van der Waals surface area contributed by atoms with Gasteiger partial charge in [-0.25, -0.2) is 0 Å². The molecule has 2 fully saturated rings. The molecule has 4 heterocycles. The number of nitrogens with zero attached hydrogens (tertiary/aromatic N) is 5. The molecule has 2 aromatic rings. The van der Waals surface area contributed by atoms with Gasteiger partial charge in [-0.05, 0) is 70.8 Å². The lowest BCUT2D eigenvalue weighted by Gasteiger charge is -2.30. The third-order valence-electron chi connectivity index (χ3n) is 5.92. The highest BCUT2D eigenvalue weighted by Gasteiger charge is 2.23. The van der Waals surface area contributed by atoms with E-state index in [-0.39, 0.29) is 0 Å². The van der Waals surface area contributed by atoms with Crippen molar-refractivity contribution >= 4 is 0 Å². The molecule has 2 aromatic heterocycles. The fraction of sp³-hybridized carbons (Fsp3) is 0.739.